The highest BCUT2D eigenvalue weighted by Crippen LogP contribution is 2.32. The van der Waals surface area contributed by atoms with Gasteiger partial charge in [-0.2, -0.15) is 26.3 Å². The molecule has 0 amide bonds. The van der Waals surface area contributed by atoms with Crippen LogP contribution in [0.25, 0.3) is 11.4 Å². The number of halogens is 6. The third kappa shape index (κ3) is 9.94. The zero-order valence-corrected chi connectivity index (χ0v) is 23.2. The molecule has 1 aliphatic heterocycles. The highest BCUT2D eigenvalue weighted by molar-refractivity contribution is 5.73. The molecule has 232 valence electrons. The number of fused-ring (bicyclic) bond motifs is 1. The van der Waals surface area contributed by atoms with Crippen molar-refractivity contribution in [2.24, 2.45) is 5.92 Å². The Morgan fingerprint density at radius 3 is 2.28 bits per heavy atom. The number of alkyl halides is 6. The van der Waals surface area contributed by atoms with E-state index in [0.717, 1.165) is 42.4 Å². The maximum Gasteiger partial charge on any atom is 0.490 e. The second kappa shape index (κ2) is 13.8. The molecule has 43 heavy (non-hydrogen) atoms. The van der Waals surface area contributed by atoms with Crippen molar-refractivity contribution in [1.82, 2.24) is 14.9 Å². The van der Waals surface area contributed by atoms with Gasteiger partial charge < -0.3 is 14.9 Å². The summed E-state index contributed by atoms with van der Waals surface area (Å²) in [5.41, 5.74) is 2.83. The van der Waals surface area contributed by atoms with Crippen LogP contribution >= 0.6 is 0 Å². The molecule has 14 heteroatoms. The Kier molecular flexibility index (Phi) is 10.7. The number of nitrogens with zero attached hydrogens (tertiary/aromatic N) is 3. The van der Waals surface area contributed by atoms with Crippen molar-refractivity contribution in [3.8, 4) is 17.1 Å². The average Bonchev–Trinajstić information content (AvgIpc) is 2.91. The van der Waals surface area contributed by atoms with Crippen LogP contribution in [0.4, 0.5) is 26.3 Å². The fourth-order valence-corrected chi connectivity index (χ4v) is 4.40. The number of ether oxygens (including phenoxy) is 1. The lowest BCUT2D eigenvalue weighted by molar-refractivity contribution is -0.192. The number of carboxylic acids is 2. The maximum absolute atomic E-state index is 13.1. The molecule has 2 heterocycles. The van der Waals surface area contributed by atoms with E-state index in [0.29, 0.717) is 23.7 Å². The molecular formula is C29H29F6N3O5. The molecule has 1 unspecified atom stereocenters. The number of rotatable bonds is 8. The van der Waals surface area contributed by atoms with Gasteiger partial charge in [-0.1, -0.05) is 19.1 Å². The normalized spacial score (nSPS) is 14.2. The van der Waals surface area contributed by atoms with Crippen LogP contribution in [0.15, 0.2) is 48.7 Å². The smallest absolute Gasteiger partial charge is 0.489 e. The number of hydrogen-bond donors (Lipinski definition) is 2. The third-order valence-electron chi connectivity index (χ3n) is 6.47. The molecule has 8 nitrogen and oxygen atoms in total. The molecule has 4 rings (SSSR count). The van der Waals surface area contributed by atoms with E-state index in [1.165, 1.54) is 13.0 Å². The summed E-state index contributed by atoms with van der Waals surface area (Å²) in [4.78, 5) is 31.3. The molecule has 2 aromatic carbocycles. The van der Waals surface area contributed by atoms with Crippen molar-refractivity contribution in [3.63, 3.8) is 0 Å². The summed E-state index contributed by atoms with van der Waals surface area (Å²) in [6.45, 7) is 5.64. The molecular weight excluding hydrogens is 584 g/mol. The van der Waals surface area contributed by atoms with Gasteiger partial charge in [-0.05, 0) is 54.3 Å². The molecule has 0 saturated heterocycles. The number of hydrogen-bond acceptors (Lipinski definition) is 6. The van der Waals surface area contributed by atoms with Gasteiger partial charge in [-0.15, -0.1) is 0 Å². The highest BCUT2D eigenvalue weighted by Gasteiger charge is 2.38. The first-order valence-electron chi connectivity index (χ1n) is 13.0. The number of aromatic nitrogens is 2. The average molecular weight is 614 g/mol. The van der Waals surface area contributed by atoms with Gasteiger partial charge in [-0.25, -0.2) is 14.8 Å². The maximum atomic E-state index is 13.1. The van der Waals surface area contributed by atoms with Gasteiger partial charge in [-0.3, -0.25) is 9.69 Å². The fourth-order valence-electron chi connectivity index (χ4n) is 4.40. The topological polar surface area (TPSA) is 113 Å². The van der Waals surface area contributed by atoms with E-state index in [9.17, 15) is 31.1 Å². The molecule has 0 fully saturated rings. The largest absolute Gasteiger partial charge is 0.490 e. The zero-order valence-electron chi connectivity index (χ0n) is 23.2. The van der Waals surface area contributed by atoms with Gasteiger partial charge in [0.05, 0.1) is 11.3 Å². The van der Waals surface area contributed by atoms with E-state index < -0.39 is 29.9 Å². The molecule has 0 bridgehead atoms. The van der Waals surface area contributed by atoms with Crippen LogP contribution in [-0.2, 0) is 35.3 Å². The van der Waals surface area contributed by atoms with Crippen molar-refractivity contribution < 1.29 is 50.9 Å². The Morgan fingerprint density at radius 2 is 1.70 bits per heavy atom. The molecule has 0 spiro atoms. The van der Waals surface area contributed by atoms with E-state index in [1.807, 2.05) is 25.3 Å². The zero-order chi connectivity index (χ0) is 31.9. The van der Waals surface area contributed by atoms with Gasteiger partial charge in [0.1, 0.15) is 12.4 Å². The molecule has 0 radical (unpaired) electrons. The third-order valence-corrected chi connectivity index (χ3v) is 6.47. The van der Waals surface area contributed by atoms with Gasteiger partial charge in [0.15, 0.2) is 5.82 Å². The fraction of sp³-hybridized carbons (Fsp3) is 0.379. The van der Waals surface area contributed by atoms with Crippen LogP contribution in [0.2, 0.25) is 0 Å². The van der Waals surface area contributed by atoms with Crippen LogP contribution in [-0.4, -0.2) is 56.3 Å². The lowest BCUT2D eigenvalue weighted by Gasteiger charge is -2.29. The Balaban J connectivity index is 0.000000646. The molecule has 1 aliphatic rings. The highest BCUT2D eigenvalue weighted by atomic mass is 19.4. The number of carboxylic acid groups (broad SMARTS) is 2. The van der Waals surface area contributed by atoms with Crippen molar-refractivity contribution in [3.05, 3.63) is 76.6 Å². The van der Waals surface area contributed by atoms with E-state index in [4.69, 9.17) is 24.7 Å². The minimum atomic E-state index is -5.08. The minimum absolute atomic E-state index is 0.0274. The van der Waals surface area contributed by atoms with Crippen LogP contribution < -0.4 is 4.74 Å². The van der Waals surface area contributed by atoms with Crippen molar-refractivity contribution in [2.75, 3.05) is 13.1 Å². The molecule has 0 saturated carbocycles. The van der Waals surface area contributed by atoms with E-state index in [-0.39, 0.29) is 24.5 Å². The number of aliphatic carboxylic acids is 2. The second-order valence-corrected chi connectivity index (χ2v) is 10.1. The number of benzene rings is 2. The first kappa shape index (κ1) is 33.3. The monoisotopic (exact) mass is 613 g/mol. The van der Waals surface area contributed by atoms with Gasteiger partial charge in [0, 0.05) is 49.8 Å². The summed E-state index contributed by atoms with van der Waals surface area (Å²) in [5, 5.41) is 16.1. The molecule has 1 atom stereocenters. The van der Waals surface area contributed by atoms with E-state index in [2.05, 4.69) is 9.88 Å². The molecule has 3 aromatic rings. The van der Waals surface area contributed by atoms with Crippen LogP contribution in [0.1, 0.15) is 41.3 Å². The Labute approximate surface area is 243 Å². The Hall–Kier alpha value is -4.20. The van der Waals surface area contributed by atoms with E-state index in [1.54, 1.807) is 18.2 Å². The number of aryl methyl sites for hydroxylation is 1. The molecule has 2 N–H and O–H groups in total. The van der Waals surface area contributed by atoms with E-state index >= 15 is 0 Å². The standard InChI is InChI=1S/C27H28F3N3O3.C2HF3O2/c1-17(11-25(34)35)14-33-10-9-24-21(15-33)13-31-26(32-24)20-5-7-22(8-6-20)36-16-19-4-3-18(2)23(12-19)27(28,29)30;3-2(4,5)1(6)7/h3-8,12-13,17H,9-11,14-16H2,1-2H3,(H,34,35);(H,6,7). The summed E-state index contributed by atoms with van der Waals surface area (Å²) in [6, 6.07) is 11.4. The lowest BCUT2D eigenvalue weighted by Crippen LogP contribution is -2.35. The Morgan fingerprint density at radius 1 is 1.05 bits per heavy atom. The second-order valence-electron chi connectivity index (χ2n) is 10.1. The summed E-state index contributed by atoms with van der Waals surface area (Å²) in [5.74, 6) is -2.33. The lowest BCUT2D eigenvalue weighted by atomic mass is 10.0. The van der Waals surface area contributed by atoms with Crippen molar-refractivity contribution >= 4 is 11.9 Å². The van der Waals surface area contributed by atoms with Crippen molar-refractivity contribution in [2.45, 2.75) is 52.2 Å². The van der Waals surface area contributed by atoms with Crippen molar-refractivity contribution in [1.29, 1.82) is 0 Å². The van der Waals surface area contributed by atoms with Crippen LogP contribution in [0.3, 0.4) is 0 Å². The van der Waals surface area contributed by atoms with Gasteiger partial charge in [0.25, 0.3) is 0 Å². The van der Waals surface area contributed by atoms with Crippen LogP contribution in [0.5, 0.6) is 5.75 Å². The van der Waals surface area contributed by atoms with Gasteiger partial charge >= 0.3 is 24.3 Å². The molecule has 0 aliphatic carbocycles. The predicted molar refractivity (Wildman–Crippen MR) is 142 cm³/mol. The minimum Gasteiger partial charge on any atom is -0.489 e. The van der Waals surface area contributed by atoms with Gasteiger partial charge in [0.2, 0.25) is 0 Å². The summed E-state index contributed by atoms with van der Waals surface area (Å²) >= 11 is 0. The molecule has 1 aromatic heterocycles. The predicted octanol–water partition coefficient (Wildman–Crippen LogP) is 6.15. The summed E-state index contributed by atoms with van der Waals surface area (Å²) in [7, 11) is 0. The number of carbonyl (C=O) groups is 2. The quantitative estimate of drug-likeness (QED) is 0.291. The first-order valence-corrected chi connectivity index (χ1v) is 13.0. The SMILES string of the molecule is Cc1ccc(COc2ccc(-c3ncc4c(n3)CCN(CC(C)CC(=O)O)C4)cc2)cc1C(F)(F)F.O=C(O)C(F)(F)F. The van der Waals surface area contributed by atoms with Crippen LogP contribution in [0, 0.1) is 12.8 Å². The Bertz CT molecular complexity index is 1430. The first-order chi connectivity index (χ1) is 20.0. The summed E-state index contributed by atoms with van der Waals surface area (Å²) in [6.07, 6.45) is -6.74. The summed E-state index contributed by atoms with van der Waals surface area (Å²) < 4.78 is 76.9.